The number of rotatable bonds is 4. The Bertz CT molecular complexity index is 994. The van der Waals surface area contributed by atoms with Crippen LogP contribution in [0.5, 0.6) is 0 Å². The molecule has 0 N–H and O–H groups in total. The van der Waals surface area contributed by atoms with E-state index in [4.69, 9.17) is 4.52 Å². The summed E-state index contributed by atoms with van der Waals surface area (Å²) >= 11 is 0. The fraction of sp³-hybridized carbons (Fsp3) is 0.294. The maximum atomic E-state index is 5.53. The van der Waals surface area contributed by atoms with Crippen molar-refractivity contribution < 1.29 is 4.52 Å². The Morgan fingerprint density at radius 2 is 2.08 bits per heavy atom. The molecule has 26 heavy (non-hydrogen) atoms. The monoisotopic (exact) mass is 348 g/mol. The predicted octanol–water partition coefficient (Wildman–Crippen LogP) is 1.91. The lowest BCUT2D eigenvalue weighted by Gasteiger charge is -2.19. The van der Waals surface area contributed by atoms with Gasteiger partial charge < -0.3 is 4.52 Å². The van der Waals surface area contributed by atoms with Gasteiger partial charge in [0.05, 0.1) is 12.6 Å². The highest BCUT2D eigenvalue weighted by Gasteiger charge is 2.31. The molecule has 1 fully saturated rings. The Morgan fingerprint density at radius 1 is 1.12 bits per heavy atom. The minimum absolute atomic E-state index is 0.0690. The predicted molar refractivity (Wildman–Crippen MR) is 90.7 cm³/mol. The third kappa shape index (κ3) is 2.72. The van der Waals surface area contributed by atoms with Crippen LogP contribution in [0.3, 0.4) is 0 Å². The van der Waals surface area contributed by atoms with Crippen molar-refractivity contribution in [2.75, 3.05) is 6.54 Å². The highest BCUT2D eigenvalue weighted by molar-refractivity contribution is 5.47. The molecule has 9 heteroatoms. The molecular formula is C17H16N8O. The van der Waals surface area contributed by atoms with E-state index >= 15 is 0 Å². The molecule has 9 nitrogen and oxygen atoms in total. The van der Waals surface area contributed by atoms with Crippen molar-refractivity contribution in [1.29, 1.82) is 0 Å². The topological polar surface area (TPSA) is 98.1 Å². The second kappa shape index (κ2) is 6.26. The Morgan fingerprint density at radius 3 is 2.96 bits per heavy atom. The van der Waals surface area contributed by atoms with Gasteiger partial charge in [-0.2, -0.15) is 9.97 Å². The summed E-state index contributed by atoms with van der Waals surface area (Å²) in [5.41, 5.74) is 0.708. The lowest BCUT2D eigenvalue weighted by atomic mass is 10.2. The summed E-state index contributed by atoms with van der Waals surface area (Å²) in [6.45, 7) is 1.56. The van der Waals surface area contributed by atoms with Gasteiger partial charge in [-0.25, -0.2) is 9.50 Å². The van der Waals surface area contributed by atoms with Crippen LogP contribution in [0, 0.1) is 0 Å². The van der Waals surface area contributed by atoms with Crippen molar-refractivity contribution in [3.8, 4) is 11.5 Å². The van der Waals surface area contributed by atoms with E-state index in [0.717, 1.165) is 25.2 Å². The largest absolute Gasteiger partial charge is 0.337 e. The van der Waals surface area contributed by atoms with Gasteiger partial charge in [-0.15, -0.1) is 5.10 Å². The zero-order valence-corrected chi connectivity index (χ0v) is 13.9. The zero-order valence-electron chi connectivity index (χ0n) is 13.9. The molecule has 0 amide bonds. The molecule has 5 rings (SSSR count). The van der Waals surface area contributed by atoms with Gasteiger partial charge in [0.15, 0.2) is 5.82 Å². The average Bonchev–Trinajstić information content (AvgIpc) is 3.41. The second-order valence-corrected chi connectivity index (χ2v) is 6.19. The molecular weight excluding hydrogens is 332 g/mol. The lowest BCUT2D eigenvalue weighted by Crippen LogP contribution is -2.23. The number of hydrogen-bond acceptors (Lipinski definition) is 8. The molecule has 0 bridgehead atoms. The van der Waals surface area contributed by atoms with Crippen molar-refractivity contribution >= 4 is 5.78 Å². The van der Waals surface area contributed by atoms with E-state index in [-0.39, 0.29) is 6.04 Å². The van der Waals surface area contributed by atoms with Crippen LogP contribution in [0.4, 0.5) is 0 Å². The van der Waals surface area contributed by atoms with E-state index in [1.807, 2.05) is 30.5 Å². The van der Waals surface area contributed by atoms with Gasteiger partial charge >= 0.3 is 0 Å². The van der Waals surface area contributed by atoms with Crippen LogP contribution >= 0.6 is 0 Å². The summed E-state index contributed by atoms with van der Waals surface area (Å²) in [6, 6.07) is 7.54. The first-order valence-corrected chi connectivity index (χ1v) is 8.52. The number of aromatic nitrogens is 7. The van der Waals surface area contributed by atoms with Crippen molar-refractivity contribution in [2.45, 2.75) is 25.4 Å². The molecule has 4 aromatic heterocycles. The number of hydrogen-bond donors (Lipinski definition) is 0. The summed E-state index contributed by atoms with van der Waals surface area (Å²) in [5.74, 6) is 2.47. The fourth-order valence-electron chi connectivity index (χ4n) is 3.29. The molecule has 1 aliphatic heterocycles. The second-order valence-electron chi connectivity index (χ2n) is 6.19. The normalized spacial score (nSPS) is 17.9. The Hall–Kier alpha value is -3.20. The van der Waals surface area contributed by atoms with Gasteiger partial charge in [0.2, 0.25) is 11.7 Å². The van der Waals surface area contributed by atoms with Gasteiger partial charge in [-0.1, -0.05) is 11.2 Å². The molecule has 0 aliphatic carbocycles. The average molecular weight is 348 g/mol. The fourth-order valence-corrected chi connectivity index (χ4v) is 3.29. The van der Waals surface area contributed by atoms with Crippen molar-refractivity contribution in [2.24, 2.45) is 0 Å². The van der Waals surface area contributed by atoms with E-state index < -0.39 is 0 Å². The third-order valence-electron chi connectivity index (χ3n) is 4.49. The first-order chi connectivity index (χ1) is 12.9. The maximum absolute atomic E-state index is 5.53. The van der Waals surface area contributed by atoms with Crippen LogP contribution in [0.2, 0.25) is 0 Å². The van der Waals surface area contributed by atoms with Crippen molar-refractivity contribution in [3.63, 3.8) is 0 Å². The SMILES string of the molecule is c1ccc(-c2noc([C@@H]3CCCN3Cc3nc4ncccn4n3)n2)nc1. The minimum atomic E-state index is 0.0690. The first kappa shape index (κ1) is 15.1. The number of nitrogens with zero attached hydrogens (tertiary/aromatic N) is 8. The molecule has 1 saturated heterocycles. The van der Waals surface area contributed by atoms with Crippen LogP contribution in [0.25, 0.3) is 17.3 Å². The van der Waals surface area contributed by atoms with Crippen molar-refractivity contribution in [3.05, 3.63) is 54.6 Å². The van der Waals surface area contributed by atoms with E-state index in [2.05, 4.69) is 35.1 Å². The lowest BCUT2D eigenvalue weighted by molar-refractivity contribution is 0.197. The van der Waals surface area contributed by atoms with Gasteiger partial charge in [-0.3, -0.25) is 9.88 Å². The molecule has 0 unspecified atom stereocenters. The molecule has 4 aromatic rings. The molecule has 1 aliphatic rings. The van der Waals surface area contributed by atoms with Crippen LogP contribution < -0.4 is 0 Å². The third-order valence-corrected chi connectivity index (χ3v) is 4.49. The van der Waals surface area contributed by atoms with E-state index in [0.29, 0.717) is 29.7 Å². The Labute approximate surface area is 148 Å². The van der Waals surface area contributed by atoms with Gasteiger partial charge in [-0.05, 0) is 37.6 Å². The zero-order chi connectivity index (χ0) is 17.3. The molecule has 0 aromatic carbocycles. The van der Waals surface area contributed by atoms with Crippen molar-refractivity contribution in [1.82, 2.24) is 39.6 Å². The molecule has 1 atom stereocenters. The number of pyridine rings is 1. The van der Waals surface area contributed by atoms with Crippen LogP contribution in [0.1, 0.15) is 30.6 Å². The molecule has 0 radical (unpaired) electrons. The first-order valence-electron chi connectivity index (χ1n) is 8.52. The van der Waals surface area contributed by atoms with E-state index in [1.54, 1.807) is 16.9 Å². The van der Waals surface area contributed by atoms with E-state index in [9.17, 15) is 0 Å². The summed E-state index contributed by atoms with van der Waals surface area (Å²) < 4.78 is 7.22. The maximum Gasteiger partial charge on any atom is 0.252 e. The molecule has 5 heterocycles. The molecule has 0 saturated carbocycles. The highest BCUT2D eigenvalue weighted by atomic mass is 16.5. The smallest absolute Gasteiger partial charge is 0.252 e. The minimum Gasteiger partial charge on any atom is -0.337 e. The highest BCUT2D eigenvalue weighted by Crippen LogP contribution is 2.32. The van der Waals surface area contributed by atoms with E-state index in [1.165, 1.54) is 0 Å². The van der Waals surface area contributed by atoms with Gasteiger partial charge in [0.25, 0.3) is 5.78 Å². The number of fused-ring (bicyclic) bond motifs is 1. The standard InChI is InChI=1S/C17H16N8O/c1-2-7-18-12(5-1)15-21-16(26-23-15)13-6-3-9-24(13)11-14-20-17-19-8-4-10-25(17)22-14/h1-2,4-5,7-8,10,13H,3,6,9,11H2/t13-/m0/s1. The summed E-state index contributed by atoms with van der Waals surface area (Å²) in [5, 5.41) is 8.57. The Kier molecular flexibility index (Phi) is 3.64. The molecule has 0 spiro atoms. The van der Waals surface area contributed by atoms with Crippen LogP contribution in [-0.4, -0.2) is 46.2 Å². The quantitative estimate of drug-likeness (QED) is 0.551. The summed E-state index contributed by atoms with van der Waals surface area (Å²) in [4.78, 5) is 19.8. The van der Waals surface area contributed by atoms with Gasteiger partial charge in [0.1, 0.15) is 5.69 Å². The summed E-state index contributed by atoms with van der Waals surface area (Å²) in [7, 11) is 0. The molecule has 130 valence electrons. The van der Waals surface area contributed by atoms with Crippen LogP contribution in [0.15, 0.2) is 47.4 Å². The summed E-state index contributed by atoms with van der Waals surface area (Å²) in [6.07, 6.45) is 7.31. The Balaban J connectivity index is 1.38. The van der Waals surface area contributed by atoms with Crippen LogP contribution in [-0.2, 0) is 6.54 Å². The van der Waals surface area contributed by atoms with Gasteiger partial charge in [0, 0.05) is 18.6 Å². The number of likely N-dealkylation sites (tertiary alicyclic amines) is 1.